The minimum atomic E-state index is -5.28. The van der Waals surface area contributed by atoms with Gasteiger partial charge in [-0.2, -0.15) is 8.62 Å². The van der Waals surface area contributed by atoms with Crippen molar-refractivity contribution in [3.8, 4) is 0 Å². The second kappa shape index (κ2) is 6.91. The third kappa shape index (κ3) is 7.68. The van der Waals surface area contributed by atoms with Crippen LogP contribution in [-0.4, -0.2) is 27.9 Å². The van der Waals surface area contributed by atoms with Crippen molar-refractivity contribution in [2.45, 2.75) is 25.7 Å². The van der Waals surface area contributed by atoms with E-state index in [1.165, 1.54) is 0 Å². The molecule has 0 radical (unpaired) electrons. The van der Waals surface area contributed by atoms with Gasteiger partial charge in [-0.1, -0.05) is 12.8 Å². The molecule has 1 aliphatic heterocycles. The molecule has 0 amide bonds. The third-order valence-corrected chi connectivity index (χ3v) is 6.25. The van der Waals surface area contributed by atoms with E-state index in [0.717, 1.165) is 12.8 Å². The Kier molecular flexibility index (Phi) is 6.35. The van der Waals surface area contributed by atoms with Crippen LogP contribution in [0.15, 0.2) is 0 Å². The summed E-state index contributed by atoms with van der Waals surface area (Å²) in [5.74, 6) is 0. The molecule has 0 aliphatic carbocycles. The van der Waals surface area contributed by atoms with Gasteiger partial charge in [0, 0.05) is 0 Å². The molecule has 3 N–H and O–H groups in total. The molecule has 1 heterocycles. The second-order valence-electron chi connectivity index (χ2n) is 3.65. The van der Waals surface area contributed by atoms with Crippen molar-refractivity contribution in [1.29, 1.82) is 0 Å². The molecule has 0 saturated carbocycles. The van der Waals surface area contributed by atoms with Crippen molar-refractivity contribution in [2.24, 2.45) is 0 Å². The summed E-state index contributed by atoms with van der Waals surface area (Å²) in [5.41, 5.74) is 0. The van der Waals surface area contributed by atoms with E-state index in [0.29, 0.717) is 12.8 Å². The van der Waals surface area contributed by atoms with Gasteiger partial charge < -0.3 is 14.7 Å². The van der Waals surface area contributed by atoms with Crippen molar-refractivity contribution in [2.75, 3.05) is 13.2 Å². The second-order valence-corrected chi connectivity index (χ2v) is 8.29. The molecule has 1 rings (SSSR count). The first-order valence-electron chi connectivity index (χ1n) is 5.32. The number of phosphoric ester groups is 1. The summed E-state index contributed by atoms with van der Waals surface area (Å²) in [6, 6.07) is 0. The van der Waals surface area contributed by atoms with Gasteiger partial charge in [0.25, 0.3) is 0 Å². The van der Waals surface area contributed by atoms with Crippen LogP contribution in [0.1, 0.15) is 25.7 Å². The van der Waals surface area contributed by atoms with Gasteiger partial charge in [-0.05, 0) is 12.8 Å². The summed E-state index contributed by atoms with van der Waals surface area (Å²) in [7, 11) is -15.0. The zero-order chi connectivity index (χ0) is 14.6. The van der Waals surface area contributed by atoms with Crippen molar-refractivity contribution in [3.63, 3.8) is 0 Å². The largest absolute Gasteiger partial charge is 0.490 e. The molecule has 0 aromatic rings. The average Bonchev–Trinajstić information content (AvgIpc) is 2.25. The van der Waals surface area contributed by atoms with E-state index in [1.54, 1.807) is 0 Å². The fraction of sp³-hybridized carbons (Fsp3) is 1.00. The predicted molar refractivity (Wildman–Crippen MR) is 62.0 cm³/mol. The molecule has 13 heteroatoms. The maximum atomic E-state index is 11.9. The molecule has 10 nitrogen and oxygen atoms in total. The van der Waals surface area contributed by atoms with E-state index >= 15 is 0 Å². The zero-order valence-electron chi connectivity index (χ0n) is 9.78. The van der Waals surface area contributed by atoms with E-state index in [-0.39, 0.29) is 13.2 Å². The molecule has 19 heavy (non-hydrogen) atoms. The highest BCUT2D eigenvalue weighted by Gasteiger charge is 2.42. The van der Waals surface area contributed by atoms with Gasteiger partial charge >= 0.3 is 23.5 Å². The summed E-state index contributed by atoms with van der Waals surface area (Å²) in [5, 5.41) is 0. The molecular formula is C6H15O10P3. The van der Waals surface area contributed by atoms with Gasteiger partial charge in [-0.3, -0.25) is 9.05 Å². The molecular weight excluding hydrogens is 325 g/mol. The Bertz CT molecular complexity index is 415. The highest BCUT2D eigenvalue weighted by atomic mass is 31.3. The van der Waals surface area contributed by atoms with E-state index in [1.807, 2.05) is 0 Å². The fourth-order valence-corrected chi connectivity index (χ4v) is 4.90. The lowest BCUT2D eigenvalue weighted by Gasteiger charge is -2.19. The number of hydrogen-bond donors (Lipinski definition) is 3. The monoisotopic (exact) mass is 340 g/mol. The van der Waals surface area contributed by atoms with Gasteiger partial charge in [0.2, 0.25) is 0 Å². The average molecular weight is 340 g/mol. The third-order valence-electron chi connectivity index (χ3n) is 1.95. The maximum absolute atomic E-state index is 11.9. The van der Waals surface area contributed by atoms with Crippen LogP contribution in [0.5, 0.6) is 0 Å². The van der Waals surface area contributed by atoms with Crippen LogP contribution < -0.4 is 0 Å². The lowest BCUT2D eigenvalue weighted by atomic mass is 10.2. The van der Waals surface area contributed by atoms with Gasteiger partial charge in [-0.25, -0.2) is 13.7 Å². The van der Waals surface area contributed by atoms with Crippen LogP contribution in [0.4, 0.5) is 0 Å². The summed E-state index contributed by atoms with van der Waals surface area (Å²) in [4.78, 5) is 25.9. The summed E-state index contributed by atoms with van der Waals surface area (Å²) in [6.07, 6.45) is 2.70. The molecule has 1 unspecified atom stereocenters. The molecule has 1 atom stereocenters. The van der Waals surface area contributed by atoms with Crippen LogP contribution in [0, 0.1) is 0 Å². The molecule has 0 aromatic heterocycles. The highest BCUT2D eigenvalue weighted by molar-refractivity contribution is 7.66. The zero-order valence-corrected chi connectivity index (χ0v) is 12.5. The van der Waals surface area contributed by atoms with Crippen molar-refractivity contribution in [3.05, 3.63) is 0 Å². The lowest BCUT2D eigenvalue weighted by molar-refractivity contribution is 0.141. The van der Waals surface area contributed by atoms with E-state index in [2.05, 4.69) is 8.62 Å². The van der Waals surface area contributed by atoms with Gasteiger partial charge in [0.05, 0.1) is 13.2 Å². The molecule has 0 bridgehead atoms. The van der Waals surface area contributed by atoms with Gasteiger partial charge in [-0.15, -0.1) is 0 Å². The fourth-order valence-electron chi connectivity index (χ4n) is 1.27. The van der Waals surface area contributed by atoms with Crippen molar-refractivity contribution in [1.82, 2.24) is 0 Å². The van der Waals surface area contributed by atoms with Crippen LogP contribution in [0.25, 0.3) is 0 Å². The Morgan fingerprint density at radius 1 is 0.947 bits per heavy atom. The lowest BCUT2D eigenvalue weighted by Crippen LogP contribution is -2.01. The summed E-state index contributed by atoms with van der Waals surface area (Å²) < 4.78 is 50.8. The smallest absolute Gasteiger partial charge is 0.302 e. The minimum Gasteiger partial charge on any atom is -0.302 e. The summed E-state index contributed by atoms with van der Waals surface area (Å²) >= 11 is 0. The normalized spacial score (nSPS) is 24.8. The first kappa shape index (κ1) is 17.5. The topological polar surface area (TPSA) is 149 Å². The first-order valence-corrected chi connectivity index (χ1v) is 9.81. The van der Waals surface area contributed by atoms with Gasteiger partial charge in [0.15, 0.2) is 0 Å². The molecule has 1 fully saturated rings. The van der Waals surface area contributed by atoms with Crippen LogP contribution in [0.3, 0.4) is 0 Å². The quantitative estimate of drug-likeness (QED) is 0.648. The number of phosphoric acid groups is 3. The molecule has 1 saturated heterocycles. The van der Waals surface area contributed by atoms with Gasteiger partial charge in [0.1, 0.15) is 0 Å². The first-order chi connectivity index (χ1) is 8.62. The van der Waals surface area contributed by atoms with E-state index < -0.39 is 23.5 Å². The van der Waals surface area contributed by atoms with E-state index in [9.17, 15) is 13.7 Å². The standard InChI is InChI=1S/C6H15O10P3/c7-17(8,9)15-18(10,11)16-19(12)13-5-3-1-2-4-6-14-19/h1-6H2,(H,10,11)(H2,7,8,9). The SMILES string of the molecule is O=P(O)(O)OP(=O)(O)OP1(=O)OCCCCCCO1. The summed E-state index contributed by atoms with van der Waals surface area (Å²) in [6.45, 7) is -0.0691. The Hall–Kier alpha value is 0.410. The Balaban J connectivity index is 2.72. The van der Waals surface area contributed by atoms with Crippen molar-refractivity contribution < 1.29 is 46.0 Å². The molecule has 0 spiro atoms. The van der Waals surface area contributed by atoms with Crippen LogP contribution in [0.2, 0.25) is 0 Å². The Labute approximate surface area is 109 Å². The number of hydrogen-bond acceptors (Lipinski definition) is 7. The Morgan fingerprint density at radius 2 is 1.42 bits per heavy atom. The predicted octanol–water partition coefficient (Wildman–Crippen LogP) is 1.93. The number of rotatable bonds is 4. The van der Waals surface area contributed by atoms with Crippen molar-refractivity contribution >= 4 is 23.5 Å². The maximum Gasteiger partial charge on any atom is 0.490 e. The Morgan fingerprint density at radius 3 is 1.84 bits per heavy atom. The molecule has 0 aromatic carbocycles. The molecule has 114 valence electrons. The van der Waals surface area contributed by atoms with Crippen LogP contribution >= 0.6 is 23.5 Å². The molecule has 1 aliphatic rings. The highest BCUT2D eigenvalue weighted by Crippen LogP contribution is 2.68. The van der Waals surface area contributed by atoms with E-state index in [4.69, 9.17) is 23.7 Å². The minimum absolute atomic E-state index is 0.0345. The van der Waals surface area contributed by atoms with Crippen LogP contribution in [-0.2, 0) is 31.4 Å².